The van der Waals surface area contributed by atoms with E-state index in [4.69, 9.17) is 16.6 Å². The average Bonchev–Trinajstić information content (AvgIpc) is 3.07. The molecule has 2 heterocycles. The predicted molar refractivity (Wildman–Crippen MR) is 113 cm³/mol. The van der Waals surface area contributed by atoms with Gasteiger partial charge < -0.3 is 9.80 Å². The van der Waals surface area contributed by atoms with E-state index in [2.05, 4.69) is 36.9 Å². The number of aryl methyl sites for hydroxylation is 2. The van der Waals surface area contributed by atoms with Crippen molar-refractivity contribution in [3.8, 4) is 0 Å². The van der Waals surface area contributed by atoms with Gasteiger partial charge in [-0.05, 0) is 43.2 Å². The van der Waals surface area contributed by atoms with Crippen LogP contribution in [0.3, 0.4) is 0 Å². The Bertz CT molecular complexity index is 992. The quantitative estimate of drug-likeness (QED) is 0.652. The minimum absolute atomic E-state index is 0.206. The molecule has 27 heavy (non-hydrogen) atoms. The Kier molecular flexibility index (Phi) is 5.06. The van der Waals surface area contributed by atoms with Gasteiger partial charge in [-0.25, -0.2) is 4.98 Å². The van der Waals surface area contributed by atoms with E-state index in [0.29, 0.717) is 6.42 Å². The molecule has 0 spiro atoms. The number of hydrogen-bond donors (Lipinski definition) is 0. The number of anilines is 1. The van der Waals surface area contributed by atoms with Crippen molar-refractivity contribution in [1.29, 1.82) is 0 Å². The lowest BCUT2D eigenvalue weighted by atomic mass is 10.0. The lowest BCUT2D eigenvalue weighted by molar-refractivity contribution is -0.130. The van der Waals surface area contributed by atoms with Crippen molar-refractivity contribution in [1.82, 2.24) is 9.88 Å². The van der Waals surface area contributed by atoms with Gasteiger partial charge in [-0.15, -0.1) is 0 Å². The number of fused-ring (bicyclic) bond motifs is 1. The predicted octanol–water partition coefficient (Wildman–Crippen LogP) is 4.46. The molecule has 3 aromatic rings. The number of benzene rings is 2. The molecular weight excluding hydrogens is 378 g/mol. The number of nitrogens with zero attached hydrogens (tertiary/aromatic N) is 3. The maximum Gasteiger partial charge on any atom is 0.227 e. The summed E-state index contributed by atoms with van der Waals surface area (Å²) in [5.74, 6) is 0.206. The van der Waals surface area contributed by atoms with Crippen LogP contribution < -0.4 is 4.90 Å². The number of carbonyl (C=O) groups is 1. The van der Waals surface area contributed by atoms with Crippen LogP contribution in [-0.4, -0.2) is 42.0 Å². The van der Waals surface area contributed by atoms with E-state index in [1.54, 1.807) is 11.3 Å². The van der Waals surface area contributed by atoms with Crippen molar-refractivity contribution < 1.29 is 4.79 Å². The monoisotopic (exact) mass is 399 g/mol. The summed E-state index contributed by atoms with van der Waals surface area (Å²) in [6.45, 7) is 7.25. The van der Waals surface area contributed by atoms with Gasteiger partial charge in [-0.1, -0.05) is 46.7 Å². The summed E-state index contributed by atoms with van der Waals surface area (Å²) in [7, 11) is 0. The summed E-state index contributed by atoms with van der Waals surface area (Å²) in [4.78, 5) is 21.7. The van der Waals surface area contributed by atoms with E-state index >= 15 is 0 Å². The topological polar surface area (TPSA) is 36.4 Å². The Labute approximate surface area is 168 Å². The van der Waals surface area contributed by atoms with E-state index in [9.17, 15) is 4.79 Å². The number of hydrogen-bond acceptors (Lipinski definition) is 4. The van der Waals surface area contributed by atoms with Gasteiger partial charge in [0.15, 0.2) is 5.13 Å². The summed E-state index contributed by atoms with van der Waals surface area (Å²) in [5.41, 5.74) is 4.52. The Balaban J connectivity index is 1.39. The van der Waals surface area contributed by atoms with Gasteiger partial charge in [0.2, 0.25) is 5.91 Å². The summed E-state index contributed by atoms with van der Waals surface area (Å²) >= 11 is 7.74. The van der Waals surface area contributed by atoms with Crippen molar-refractivity contribution in [2.75, 3.05) is 31.1 Å². The number of rotatable bonds is 3. The van der Waals surface area contributed by atoms with Crippen LogP contribution in [0, 0.1) is 13.8 Å². The second kappa shape index (κ2) is 7.49. The molecule has 0 radical (unpaired) electrons. The van der Waals surface area contributed by atoms with Crippen LogP contribution in [0.25, 0.3) is 10.2 Å². The second-order valence-electron chi connectivity index (χ2n) is 7.08. The number of aromatic nitrogens is 1. The van der Waals surface area contributed by atoms with Crippen molar-refractivity contribution in [3.63, 3.8) is 0 Å². The molecule has 1 aliphatic rings. The fraction of sp³-hybridized carbons (Fsp3) is 0.333. The largest absolute Gasteiger partial charge is 0.345 e. The van der Waals surface area contributed by atoms with Crippen LogP contribution in [0.2, 0.25) is 5.02 Å². The summed E-state index contributed by atoms with van der Waals surface area (Å²) in [6, 6.07) is 12.1. The third kappa shape index (κ3) is 3.94. The first kappa shape index (κ1) is 18.3. The highest BCUT2D eigenvalue weighted by Gasteiger charge is 2.23. The van der Waals surface area contributed by atoms with Gasteiger partial charge >= 0.3 is 0 Å². The summed E-state index contributed by atoms with van der Waals surface area (Å²) in [5, 5.41) is 1.74. The molecule has 2 aromatic carbocycles. The number of thiazole rings is 1. The molecule has 0 unspecified atom stereocenters. The normalized spacial score (nSPS) is 14.8. The highest BCUT2D eigenvalue weighted by molar-refractivity contribution is 7.22. The number of piperazine rings is 1. The van der Waals surface area contributed by atoms with E-state index in [1.165, 1.54) is 11.1 Å². The molecule has 1 fully saturated rings. The van der Waals surface area contributed by atoms with Crippen LogP contribution in [0.1, 0.15) is 16.7 Å². The van der Waals surface area contributed by atoms with Gasteiger partial charge in [0, 0.05) is 31.2 Å². The maximum absolute atomic E-state index is 12.7. The average molecular weight is 400 g/mol. The Morgan fingerprint density at radius 2 is 1.89 bits per heavy atom. The van der Waals surface area contributed by atoms with E-state index in [0.717, 1.165) is 52.1 Å². The molecule has 1 saturated heterocycles. The summed E-state index contributed by atoms with van der Waals surface area (Å²) in [6.07, 6.45) is 0.478. The van der Waals surface area contributed by atoms with Crippen molar-refractivity contribution in [2.45, 2.75) is 20.3 Å². The molecule has 140 valence electrons. The Morgan fingerprint density at radius 1 is 1.11 bits per heavy atom. The molecule has 0 atom stereocenters. The van der Waals surface area contributed by atoms with Crippen LogP contribution in [0.4, 0.5) is 5.13 Å². The lowest BCUT2D eigenvalue weighted by Gasteiger charge is -2.34. The first-order chi connectivity index (χ1) is 13.0. The zero-order valence-electron chi connectivity index (χ0n) is 15.5. The fourth-order valence-corrected chi connectivity index (χ4v) is 4.78. The lowest BCUT2D eigenvalue weighted by Crippen LogP contribution is -2.49. The Morgan fingerprint density at radius 3 is 2.63 bits per heavy atom. The molecule has 0 aliphatic carbocycles. The molecule has 4 rings (SSSR count). The van der Waals surface area contributed by atoms with E-state index < -0.39 is 0 Å². The molecule has 4 nitrogen and oxygen atoms in total. The van der Waals surface area contributed by atoms with Gasteiger partial charge in [-0.3, -0.25) is 4.79 Å². The molecule has 0 bridgehead atoms. The molecule has 0 saturated carbocycles. The third-order valence-corrected chi connectivity index (χ3v) is 6.40. The van der Waals surface area contributed by atoms with Crippen LogP contribution >= 0.6 is 22.9 Å². The zero-order chi connectivity index (χ0) is 19.0. The van der Waals surface area contributed by atoms with E-state index in [-0.39, 0.29) is 5.91 Å². The van der Waals surface area contributed by atoms with Crippen molar-refractivity contribution in [3.05, 3.63) is 58.1 Å². The van der Waals surface area contributed by atoms with Gasteiger partial charge in [0.25, 0.3) is 0 Å². The minimum atomic E-state index is 0.206. The molecule has 6 heteroatoms. The minimum Gasteiger partial charge on any atom is -0.345 e. The molecule has 1 aromatic heterocycles. The highest BCUT2D eigenvalue weighted by atomic mass is 35.5. The number of amides is 1. The number of halogens is 1. The van der Waals surface area contributed by atoms with Gasteiger partial charge in [0.1, 0.15) is 0 Å². The summed E-state index contributed by atoms with van der Waals surface area (Å²) < 4.78 is 1.10. The Hall–Kier alpha value is -2.11. The van der Waals surface area contributed by atoms with Crippen molar-refractivity contribution in [2.24, 2.45) is 0 Å². The van der Waals surface area contributed by atoms with Crippen molar-refractivity contribution >= 4 is 44.2 Å². The maximum atomic E-state index is 12.7. The first-order valence-electron chi connectivity index (χ1n) is 9.14. The second-order valence-corrected chi connectivity index (χ2v) is 8.53. The van der Waals surface area contributed by atoms with Crippen LogP contribution in [0.15, 0.2) is 36.4 Å². The van der Waals surface area contributed by atoms with Gasteiger partial charge in [0.05, 0.1) is 16.6 Å². The first-order valence-corrected chi connectivity index (χ1v) is 10.3. The molecule has 1 amide bonds. The van der Waals surface area contributed by atoms with Crippen LogP contribution in [-0.2, 0) is 11.2 Å². The van der Waals surface area contributed by atoms with Crippen LogP contribution in [0.5, 0.6) is 0 Å². The SMILES string of the molecule is Cc1ccc(CC(=O)N2CCN(c3nc4ccc(Cl)cc4s3)CC2)c(C)c1. The highest BCUT2D eigenvalue weighted by Crippen LogP contribution is 2.31. The molecule has 0 N–H and O–H groups in total. The molecule has 1 aliphatic heterocycles. The molecular formula is C21H22ClN3OS. The van der Waals surface area contributed by atoms with Gasteiger partial charge in [-0.2, -0.15) is 0 Å². The van der Waals surface area contributed by atoms with E-state index in [1.807, 2.05) is 23.1 Å². The number of carbonyl (C=O) groups excluding carboxylic acids is 1. The zero-order valence-corrected chi connectivity index (χ0v) is 17.1. The smallest absolute Gasteiger partial charge is 0.227 e. The standard InChI is InChI=1S/C21H22ClN3OS/c1-14-3-4-16(15(2)11-14)12-20(26)24-7-9-25(10-8-24)21-23-18-6-5-17(22)13-19(18)27-21/h3-6,11,13H,7-10,12H2,1-2H3. The third-order valence-electron chi connectivity index (χ3n) is 5.08. The fourth-order valence-electron chi connectivity index (χ4n) is 3.49.